The first-order chi connectivity index (χ1) is 6.86. The van der Waals surface area contributed by atoms with Crippen molar-refractivity contribution in [3.05, 3.63) is 24.2 Å². The van der Waals surface area contributed by atoms with Crippen molar-refractivity contribution in [3.8, 4) is 0 Å². The van der Waals surface area contributed by atoms with Gasteiger partial charge in [-0.2, -0.15) is 0 Å². The summed E-state index contributed by atoms with van der Waals surface area (Å²) in [5.74, 6) is -0.438. The van der Waals surface area contributed by atoms with Crippen LogP contribution in [0.5, 0.6) is 0 Å². The van der Waals surface area contributed by atoms with Crippen molar-refractivity contribution in [2.45, 2.75) is 6.92 Å². The van der Waals surface area contributed by atoms with E-state index in [1.807, 2.05) is 0 Å². The molecule has 3 heteroatoms. The molecule has 0 heterocycles. The molecule has 0 saturated carbocycles. The van der Waals surface area contributed by atoms with Gasteiger partial charge in [0.15, 0.2) is 0 Å². The van der Waals surface area contributed by atoms with E-state index in [0.29, 0.717) is 0 Å². The lowest BCUT2D eigenvalue weighted by Crippen LogP contribution is -2.07. The normalized spacial score (nSPS) is 14.3. The van der Waals surface area contributed by atoms with Gasteiger partial charge < -0.3 is 11.1 Å². The van der Waals surface area contributed by atoms with E-state index in [4.69, 9.17) is 11.2 Å². The van der Waals surface area contributed by atoms with E-state index in [-0.39, 0.29) is 23.5 Å². The van der Waals surface area contributed by atoms with E-state index in [0.717, 1.165) is 0 Å². The SMILES string of the molecule is [2H]c1c([2H])c([2H])c(NC(C)=O)c(N)c1[2H]. The van der Waals surface area contributed by atoms with Gasteiger partial charge in [0.1, 0.15) is 0 Å². The third kappa shape index (κ3) is 1.97. The van der Waals surface area contributed by atoms with Gasteiger partial charge in [0.25, 0.3) is 0 Å². The predicted molar refractivity (Wildman–Crippen MR) is 45.2 cm³/mol. The molecule has 1 rings (SSSR count). The average molecular weight is 154 g/mol. The molecule has 58 valence electrons. The summed E-state index contributed by atoms with van der Waals surface area (Å²) in [7, 11) is 0. The molecular weight excluding hydrogens is 140 g/mol. The Kier molecular flexibility index (Phi) is 1.04. The first-order valence-corrected chi connectivity index (χ1v) is 2.99. The number of benzene rings is 1. The summed E-state index contributed by atoms with van der Waals surface area (Å²) in [6.45, 7) is 1.24. The predicted octanol–water partition coefficient (Wildman–Crippen LogP) is 1.23. The van der Waals surface area contributed by atoms with Crippen molar-refractivity contribution >= 4 is 17.3 Å². The summed E-state index contributed by atoms with van der Waals surface area (Å²) < 4.78 is 29.6. The van der Waals surface area contributed by atoms with E-state index >= 15 is 0 Å². The fourth-order valence-corrected chi connectivity index (χ4v) is 0.597. The number of rotatable bonds is 1. The topological polar surface area (TPSA) is 55.1 Å². The average Bonchev–Trinajstić information content (AvgIpc) is 2.18. The maximum atomic E-state index is 10.8. The molecule has 0 aromatic heterocycles. The monoisotopic (exact) mass is 154 g/mol. The van der Waals surface area contributed by atoms with Gasteiger partial charge in [0, 0.05) is 6.92 Å². The summed E-state index contributed by atoms with van der Waals surface area (Å²) in [6, 6.07) is -1.52. The molecule has 0 aliphatic rings. The van der Waals surface area contributed by atoms with Crippen LogP contribution in [0.4, 0.5) is 11.4 Å². The van der Waals surface area contributed by atoms with Gasteiger partial charge in [-0.3, -0.25) is 4.79 Å². The Hall–Kier alpha value is -1.51. The maximum absolute atomic E-state index is 10.8. The van der Waals surface area contributed by atoms with Crippen molar-refractivity contribution < 1.29 is 10.3 Å². The molecule has 1 amide bonds. The third-order valence-corrected chi connectivity index (χ3v) is 1.02. The van der Waals surface area contributed by atoms with E-state index in [2.05, 4.69) is 5.32 Å². The van der Waals surface area contributed by atoms with E-state index in [1.165, 1.54) is 6.92 Å². The van der Waals surface area contributed by atoms with Crippen molar-refractivity contribution in [1.82, 2.24) is 0 Å². The highest BCUT2D eigenvalue weighted by atomic mass is 16.1. The number of carbonyl (C=O) groups is 1. The molecule has 0 aliphatic carbocycles. The molecule has 0 bridgehead atoms. The van der Waals surface area contributed by atoms with Gasteiger partial charge in [0.2, 0.25) is 5.91 Å². The molecule has 3 N–H and O–H groups in total. The van der Waals surface area contributed by atoms with Crippen molar-refractivity contribution in [1.29, 1.82) is 0 Å². The standard InChI is InChI=1S/C8H10N2O/c1-6(11)10-8-5-3-2-4-7(8)9/h2-5H,9H2,1H3,(H,10,11)/i2D,3D,4D,5D. The molecule has 3 nitrogen and oxygen atoms in total. The van der Waals surface area contributed by atoms with Crippen LogP contribution in [0, 0.1) is 0 Å². The van der Waals surface area contributed by atoms with Gasteiger partial charge in [-0.25, -0.2) is 0 Å². The molecule has 0 aliphatic heterocycles. The highest BCUT2D eigenvalue weighted by Crippen LogP contribution is 2.15. The molecule has 0 atom stereocenters. The van der Waals surface area contributed by atoms with Crippen LogP contribution in [0.3, 0.4) is 0 Å². The number of anilines is 2. The summed E-state index contributed by atoms with van der Waals surface area (Å²) in [4.78, 5) is 10.8. The van der Waals surface area contributed by atoms with Crippen LogP contribution < -0.4 is 11.1 Å². The molecule has 0 spiro atoms. The van der Waals surface area contributed by atoms with Crippen LogP contribution >= 0.6 is 0 Å². The summed E-state index contributed by atoms with van der Waals surface area (Å²) in [5.41, 5.74) is 5.24. The largest absolute Gasteiger partial charge is 0.397 e. The second kappa shape index (κ2) is 3.05. The minimum absolute atomic E-state index is 0.0755. The summed E-state index contributed by atoms with van der Waals surface area (Å²) in [5, 5.41) is 2.28. The van der Waals surface area contributed by atoms with Crippen molar-refractivity contribution in [2.24, 2.45) is 0 Å². The second-order valence-electron chi connectivity index (χ2n) is 1.97. The minimum Gasteiger partial charge on any atom is -0.397 e. The Morgan fingerprint density at radius 3 is 2.91 bits per heavy atom. The number of hydrogen-bond donors (Lipinski definition) is 2. The number of hydrogen-bond acceptors (Lipinski definition) is 2. The van der Waals surface area contributed by atoms with Gasteiger partial charge in [-0.15, -0.1) is 0 Å². The molecule has 0 radical (unpaired) electrons. The lowest BCUT2D eigenvalue weighted by molar-refractivity contribution is -0.114. The maximum Gasteiger partial charge on any atom is 0.221 e. The van der Waals surface area contributed by atoms with Crippen LogP contribution in [-0.2, 0) is 4.79 Å². The minimum atomic E-state index is -0.438. The molecule has 11 heavy (non-hydrogen) atoms. The first-order valence-electron chi connectivity index (χ1n) is 4.99. The highest BCUT2D eigenvalue weighted by molar-refractivity contribution is 5.91. The van der Waals surface area contributed by atoms with Crippen LogP contribution in [0.2, 0.25) is 0 Å². The number of para-hydroxylation sites is 2. The van der Waals surface area contributed by atoms with Crippen LogP contribution in [-0.4, -0.2) is 5.91 Å². The second-order valence-corrected chi connectivity index (χ2v) is 1.97. The Balaban J connectivity index is 3.45. The molecule has 0 unspecified atom stereocenters. The third-order valence-electron chi connectivity index (χ3n) is 1.02. The van der Waals surface area contributed by atoms with E-state index in [9.17, 15) is 4.79 Å². The van der Waals surface area contributed by atoms with Gasteiger partial charge >= 0.3 is 0 Å². The number of amides is 1. The highest BCUT2D eigenvalue weighted by Gasteiger charge is 1.97. The molecule has 1 aromatic carbocycles. The van der Waals surface area contributed by atoms with Gasteiger partial charge in [-0.1, -0.05) is 12.1 Å². The van der Waals surface area contributed by atoms with Crippen LogP contribution in [0.1, 0.15) is 12.4 Å². The van der Waals surface area contributed by atoms with Crippen molar-refractivity contribution in [3.63, 3.8) is 0 Å². The van der Waals surface area contributed by atoms with Gasteiger partial charge in [0.05, 0.1) is 16.9 Å². The van der Waals surface area contributed by atoms with Crippen LogP contribution in [0.25, 0.3) is 0 Å². The zero-order valence-electron chi connectivity index (χ0n) is 9.99. The van der Waals surface area contributed by atoms with Crippen LogP contribution in [0.15, 0.2) is 24.2 Å². The first kappa shape index (κ1) is 3.76. The molecule has 0 fully saturated rings. The van der Waals surface area contributed by atoms with Crippen molar-refractivity contribution in [2.75, 3.05) is 11.1 Å². The zero-order valence-corrected chi connectivity index (χ0v) is 5.99. The Labute approximate surface area is 70.8 Å². The molecule has 0 saturated heterocycles. The zero-order chi connectivity index (χ0) is 11.7. The lowest BCUT2D eigenvalue weighted by atomic mass is 10.3. The Bertz CT molecular complexity index is 404. The molecular formula is C8H10N2O. The quantitative estimate of drug-likeness (QED) is 0.598. The van der Waals surface area contributed by atoms with E-state index in [1.54, 1.807) is 0 Å². The number of nitrogen functional groups attached to an aromatic ring is 1. The summed E-state index contributed by atoms with van der Waals surface area (Å²) in [6.07, 6.45) is 0. The molecule has 1 aromatic rings. The Morgan fingerprint density at radius 2 is 2.27 bits per heavy atom. The lowest BCUT2D eigenvalue weighted by Gasteiger charge is -2.03. The smallest absolute Gasteiger partial charge is 0.221 e. The summed E-state index contributed by atoms with van der Waals surface area (Å²) >= 11 is 0. The Morgan fingerprint density at radius 1 is 1.64 bits per heavy atom. The van der Waals surface area contributed by atoms with Gasteiger partial charge in [-0.05, 0) is 12.1 Å². The van der Waals surface area contributed by atoms with E-state index < -0.39 is 18.0 Å². The fourth-order valence-electron chi connectivity index (χ4n) is 0.597. The number of nitrogens with one attached hydrogen (secondary N) is 1. The fraction of sp³-hybridized carbons (Fsp3) is 0.125. The number of carbonyl (C=O) groups excluding carboxylic acids is 1. The number of nitrogens with two attached hydrogens (primary N) is 1.